The highest BCUT2D eigenvalue weighted by Gasteiger charge is 1.99. The predicted molar refractivity (Wildman–Crippen MR) is 39.7 cm³/mol. The highest BCUT2D eigenvalue weighted by atomic mass is 35.5. The number of methoxy groups -OCH3 is 1. The molecule has 0 atom stereocenters. The Morgan fingerprint density at radius 2 is 2.20 bits per heavy atom. The van der Waals surface area contributed by atoms with E-state index < -0.39 is 0 Å². The zero-order chi connectivity index (χ0) is 7.56. The van der Waals surface area contributed by atoms with Gasteiger partial charge in [-0.2, -0.15) is 0 Å². The van der Waals surface area contributed by atoms with Gasteiger partial charge in [0, 0.05) is 11.1 Å². The lowest BCUT2D eigenvalue weighted by Crippen LogP contribution is -1.81. The van der Waals surface area contributed by atoms with E-state index in [4.69, 9.17) is 21.4 Å². The van der Waals surface area contributed by atoms with Gasteiger partial charge in [-0.3, -0.25) is 0 Å². The molecule has 0 saturated carbocycles. The summed E-state index contributed by atoms with van der Waals surface area (Å²) in [5.41, 5.74) is 0. The summed E-state index contributed by atoms with van der Waals surface area (Å²) < 4.78 is 4.79. The lowest BCUT2D eigenvalue weighted by molar-refractivity contribution is 0.373. The van der Waals surface area contributed by atoms with Crippen LogP contribution in [0.15, 0.2) is 18.2 Å². The Morgan fingerprint density at radius 3 is 2.70 bits per heavy atom. The molecule has 0 saturated heterocycles. The zero-order valence-corrected chi connectivity index (χ0v) is 6.22. The molecule has 0 heterocycles. The van der Waals surface area contributed by atoms with Crippen LogP contribution in [0, 0.1) is 0 Å². The molecule has 0 radical (unpaired) electrons. The standard InChI is InChI=1S/C7H7ClO2/c1-10-7-4-5(8)2-3-6(7)9/h2-4,9H,1H3. The molecular weight excluding hydrogens is 152 g/mol. The Labute approximate surface area is 64.0 Å². The molecule has 1 rings (SSSR count). The fraction of sp³-hybridized carbons (Fsp3) is 0.143. The molecule has 1 aromatic carbocycles. The van der Waals surface area contributed by atoms with E-state index in [0.29, 0.717) is 10.8 Å². The molecular formula is C7H7ClO2. The molecule has 1 aromatic rings. The number of hydrogen-bond acceptors (Lipinski definition) is 2. The zero-order valence-electron chi connectivity index (χ0n) is 5.47. The largest absolute Gasteiger partial charge is 0.504 e. The number of phenols is 1. The molecule has 10 heavy (non-hydrogen) atoms. The van der Waals surface area contributed by atoms with E-state index in [1.165, 1.54) is 13.2 Å². The highest BCUT2D eigenvalue weighted by molar-refractivity contribution is 6.30. The van der Waals surface area contributed by atoms with Crippen LogP contribution in [-0.2, 0) is 0 Å². The molecule has 0 aliphatic heterocycles. The number of halogens is 1. The lowest BCUT2D eigenvalue weighted by atomic mass is 10.3. The van der Waals surface area contributed by atoms with Crippen molar-refractivity contribution in [3.8, 4) is 11.5 Å². The number of hydrogen-bond donors (Lipinski definition) is 1. The maximum Gasteiger partial charge on any atom is 0.161 e. The van der Waals surface area contributed by atoms with Gasteiger partial charge < -0.3 is 9.84 Å². The summed E-state index contributed by atoms with van der Waals surface area (Å²) in [4.78, 5) is 0. The molecule has 0 aromatic heterocycles. The molecule has 0 fully saturated rings. The Bertz CT molecular complexity index is 235. The van der Waals surface area contributed by atoms with Gasteiger partial charge in [-0.15, -0.1) is 0 Å². The molecule has 2 nitrogen and oxygen atoms in total. The minimum absolute atomic E-state index is 0.104. The fourth-order valence-electron chi connectivity index (χ4n) is 0.651. The van der Waals surface area contributed by atoms with Gasteiger partial charge in [-0.05, 0) is 12.1 Å². The molecule has 0 amide bonds. The summed E-state index contributed by atoms with van der Waals surface area (Å²) in [6.45, 7) is 0. The first kappa shape index (κ1) is 7.22. The van der Waals surface area contributed by atoms with Gasteiger partial charge in [-0.25, -0.2) is 0 Å². The van der Waals surface area contributed by atoms with Crippen LogP contribution < -0.4 is 4.74 Å². The molecule has 0 unspecified atom stereocenters. The number of benzene rings is 1. The molecule has 0 spiro atoms. The summed E-state index contributed by atoms with van der Waals surface area (Å²) in [5.74, 6) is 0.499. The third-order valence-corrected chi connectivity index (χ3v) is 1.38. The van der Waals surface area contributed by atoms with Crippen LogP contribution in [0.3, 0.4) is 0 Å². The third-order valence-electron chi connectivity index (χ3n) is 1.14. The van der Waals surface area contributed by atoms with E-state index in [2.05, 4.69) is 0 Å². The summed E-state index contributed by atoms with van der Waals surface area (Å²) in [5, 5.41) is 9.60. The normalized spacial score (nSPS) is 9.40. The van der Waals surface area contributed by atoms with Crippen LogP contribution in [0.25, 0.3) is 0 Å². The summed E-state index contributed by atoms with van der Waals surface area (Å²) in [7, 11) is 1.48. The minimum atomic E-state index is 0.104. The fourth-order valence-corrected chi connectivity index (χ4v) is 0.814. The van der Waals surface area contributed by atoms with Crippen LogP contribution in [0.4, 0.5) is 0 Å². The van der Waals surface area contributed by atoms with Gasteiger partial charge in [0.2, 0.25) is 0 Å². The Hall–Kier alpha value is -0.890. The van der Waals surface area contributed by atoms with Crippen molar-refractivity contribution in [3.63, 3.8) is 0 Å². The third kappa shape index (κ3) is 1.33. The first-order valence-corrected chi connectivity index (χ1v) is 3.14. The average molecular weight is 159 g/mol. The van der Waals surface area contributed by atoms with Crippen molar-refractivity contribution < 1.29 is 9.84 Å². The van der Waals surface area contributed by atoms with Gasteiger partial charge in [0.25, 0.3) is 0 Å². The van der Waals surface area contributed by atoms with Crippen molar-refractivity contribution in [2.75, 3.05) is 7.11 Å². The number of phenolic OH excluding ortho intramolecular Hbond substituents is 1. The van der Waals surface area contributed by atoms with Gasteiger partial charge in [0.15, 0.2) is 11.5 Å². The summed E-state index contributed by atoms with van der Waals surface area (Å²) in [6, 6.07) is 4.64. The number of aromatic hydroxyl groups is 1. The second kappa shape index (κ2) is 2.80. The van der Waals surface area contributed by atoms with Crippen molar-refractivity contribution in [3.05, 3.63) is 23.2 Å². The summed E-state index contributed by atoms with van der Waals surface area (Å²) >= 11 is 5.60. The van der Waals surface area contributed by atoms with Gasteiger partial charge in [0.05, 0.1) is 7.11 Å². The van der Waals surface area contributed by atoms with Crippen LogP contribution in [0.5, 0.6) is 11.5 Å². The average Bonchev–Trinajstić information content (AvgIpc) is 1.94. The van der Waals surface area contributed by atoms with E-state index >= 15 is 0 Å². The van der Waals surface area contributed by atoms with E-state index in [1.807, 2.05) is 0 Å². The predicted octanol–water partition coefficient (Wildman–Crippen LogP) is 2.05. The van der Waals surface area contributed by atoms with Crippen LogP contribution in [0.1, 0.15) is 0 Å². The highest BCUT2D eigenvalue weighted by Crippen LogP contribution is 2.27. The topological polar surface area (TPSA) is 29.5 Å². The number of ether oxygens (including phenoxy) is 1. The smallest absolute Gasteiger partial charge is 0.161 e. The van der Waals surface area contributed by atoms with Crippen LogP contribution in [-0.4, -0.2) is 12.2 Å². The monoisotopic (exact) mass is 158 g/mol. The van der Waals surface area contributed by atoms with E-state index in [9.17, 15) is 0 Å². The van der Waals surface area contributed by atoms with E-state index in [-0.39, 0.29) is 5.75 Å². The quantitative estimate of drug-likeness (QED) is 0.678. The first-order valence-electron chi connectivity index (χ1n) is 2.76. The van der Waals surface area contributed by atoms with Crippen molar-refractivity contribution in [1.82, 2.24) is 0 Å². The Morgan fingerprint density at radius 1 is 1.50 bits per heavy atom. The van der Waals surface area contributed by atoms with E-state index in [1.54, 1.807) is 12.1 Å². The van der Waals surface area contributed by atoms with Gasteiger partial charge in [-0.1, -0.05) is 11.6 Å². The molecule has 0 aliphatic carbocycles. The van der Waals surface area contributed by atoms with Crippen LogP contribution in [0.2, 0.25) is 5.02 Å². The second-order valence-corrected chi connectivity index (χ2v) is 2.25. The van der Waals surface area contributed by atoms with Crippen LogP contribution >= 0.6 is 11.6 Å². The molecule has 0 aliphatic rings. The van der Waals surface area contributed by atoms with E-state index in [0.717, 1.165) is 0 Å². The van der Waals surface area contributed by atoms with Crippen molar-refractivity contribution in [2.45, 2.75) is 0 Å². The van der Waals surface area contributed by atoms with Gasteiger partial charge >= 0.3 is 0 Å². The Kier molecular flexibility index (Phi) is 2.02. The van der Waals surface area contributed by atoms with Gasteiger partial charge in [0.1, 0.15) is 0 Å². The van der Waals surface area contributed by atoms with Crippen molar-refractivity contribution >= 4 is 11.6 Å². The maximum absolute atomic E-state index is 9.05. The molecule has 1 N–H and O–H groups in total. The van der Waals surface area contributed by atoms with Crippen molar-refractivity contribution in [2.24, 2.45) is 0 Å². The summed E-state index contributed by atoms with van der Waals surface area (Å²) in [6.07, 6.45) is 0. The SMILES string of the molecule is COc1cc(Cl)ccc1O. The molecule has 54 valence electrons. The Balaban J connectivity index is 3.09. The minimum Gasteiger partial charge on any atom is -0.504 e. The maximum atomic E-state index is 9.05. The molecule has 0 bridgehead atoms. The number of rotatable bonds is 1. The first-order chi connectivity index (χ1) is 4.74. The second-order valence-electron chi connectivity index (χ2n) is 1.82. The molecule has 3 heteroatoms. The lowest BCUT2D eigenvalue weighted by Gasteiger charge is -2.01. The van der Waals surface area contributed by atoms with Crippen molar-refractivity contribution in [1.29, 1.82) is 0 Å².